The molecule has 2 amide bonds. The summed E-state index contributed by atoms with van der Waals surface area (Å²) < 4.78 is 0. The number of fused-ring (bicyclic) bond motifs is 1. The van der Waals surface area contributed by atoms with Crippen molar-refractivity contribution in [3.05, 3.63) is 48.0 Å². The monoisotopic (exact) mass is 361 g/mol. The molecule has 0 unspecified atom stereocenters. The number of rotatable bonds is 4. The zero-order valence-corrected chi connectivity index (χ0v) is 14.9. The van der Waals surface area contributed by atoms with Gasteiger partial charge in [-0.25, -0.2) is 0 Å². The Morgan fingerprint density at radius 1 is 1.08 bits per heavy atom. The highest BCUT2D eigenvalue weighted by molar-refractivity contribution is 5.91. The number of carbonyl (C=O) groups excluding carboxylic acids is 2. The molecule has 0 bridgehead atoms. The Hall–Kier alpha value is -2.11. The van der Waals surface area contributed by atoms with Crippen LogP contribution >= 0.6 is 12.4 Å². The zero-order valence-electron chi connectivity index (χ0n) is 14.1. The van der Waals surface area contributed by atoms with Crippen LogP contribution in [0.25, 0.3) is 10.8 Å². The molecule has 0 saturated carbocycles. The SMILES string of the molecule is Cl.NC1CCN(C(=O)CNC(=O)Cc2cccc3ccccc23)CC1. The second-order valence-corrected chi connectivity index (χ2v) is 6.31. The molecule has 2 aromatic carbocycles. The van der Waals surface area contributed by atoms with Gasteiger partial charge in [0.25, 0.3) is 0 Å². The Balaban J connectivity index is 0.00000225. The molecule has 1 aliphatic heterocycles. The van der Waals surface area contributed by atoms with Crippen molar-refractivity contribution in [3.63, 3.8) is 0 Å². The van der Waals surface area contributed by atoms with Crippen LogP contribution < -0.4 is 11.1 Å². The lowest BCUT2D eigenvalue weighted by Gasteiger charge is -2.30. The van der Waals surface area contributed by atoms with E-state index in [1.54, 1.807) is 4.90 Å². The van der Waals surface area contributed by atoms with Crippen LogP contribution in [0, 0.1) is 0 Å². The second kappa shape index (κ2) is 8.83. The van der Waals surface area contributed by atoms with Crippen LogP contribution in [0.4, 0.5) is 0 Å². The van der Waals surface area contributed by atoms with E-state index < -0.39 is 0 Å². The standard InChI is InChI=1S/C19H23N3O2.ClH/c20-16-8-10-22(11-9-16)19(24)13-21-18(23)12-15-6-3-5-14-4-1-2-7-17(14)15;/h1-7,16H,8-13,20H2,(H,21,23);1H. The average molecular weight is 362 g/mol. The molecule has 1 heterocycles. The lowest BCUT2D eigenvalue weighted by molar-refractivity contribution is -0.133. The number of hydrogen-bond donors (Lipinski definition) is 2. The van der Waals surface area contributed by atoms with Crippen molar-refractivity contribution < 1.29 is 9.59 Å². The van der Waals surface area contributed by atoms with Crippen LogP contribution in [0.2, 0.25) is 0 Å². The van der Waals surface area contributed by atoms with Crippen molar-refractivity contribution in [2.75, 3.05) is 19.6 Å². The third kappa shape index (κ3) is 4.94. The molecule has 0 aliphatic carbocycles. The Bertz CT molecular complexity index is 737. The maximum Gasteiger partial charge on any atom is 0.241 e. The van der Waals surface area contributed by atoms with Crippen molar-refractivity contribution in [1.82, 2.24) is 10.2 Å². The number of nitrogens with one attached hydrogen (secondary N) is 1. The van der Waals surface area contributed by atoms with E-state index in [0.717, 1.165) is 29.2 Å². The van der Waals surface area contributed by atoms with Crippen molar-refractivity contribution >= 4 is 35.0 Å². The number of halogens is 1. The van der Waals surface area contributed by atoms with E-state index in [0.29, 0.717) is 13.1 Å². The van der Waals surface area contributed by atoms with Crippen LogP contribution in [0.15, 0.2) is 42.5 Å². The predicted octanol–water partition coefficient (Wildman–Crippen LogP) is 1.87. The number of carbonyl (C=O) groups is 2. The third-order valence-electron chi connectivity index (χ3n) is 4.56. The van der Waals surface area contributed by atoms with Gasteiger partial charge in [-0.05, 0) is 29.2 Å². The van der Waals surface area contributed by atoms with Gasteiger partial charge in [0.05, 0.1) is 13.0 Å². The first kappa shape index (κ1) is 19.2. The summed E-state index contributed by atoms with van der Waals surface area (Å²) in [4.78, 5) is 26.1. The molecular weight excluding hydrogens is 338 g/mol. The fourth-order valence-corrected chi connectivity index (χ4v) is 3.12. The van der Waals surface area contributed by atoms with E-state index in [2.05, 4.69) is 5.32 Å². The van der Waals surface area contributed by atoms with E-state index in [1.807, 2.05) is 42.5 Å². The number of amides is 2. The minimum atomic E-state index is -0.131. The van der Waals surface area contributed by atoms with Crippen LogP contribution in [0.5, 0.6) is 0 Å². The van der Waals surface area contributed by atoms with Gasteiger partial charge in [0.15, 0.2) is 0 Å². The van der Waals surface area contributed by atoms with Crippen molar-refractivity contribution in [1.29, 1.82) is 0 Å². The van der Waals surface area contributed by atoms with Gasteiger partial charge in [-0.1, -0.05) is 42.5 Å². The number of nitrogens with two attached hydrogens (primary N) is 1. The van der Waals surface area contributed by atoms with E-state index in [9.17, 15) is 9.59 Å². The van der Waals surface area contributed by atoms with Gasteiger partial charge in [0.2, 0.25) is 11.8 Å². The summed E-state index contributed by atoms with van der Waals surface area (Å²) in [6.45, 7) is 1.41. The zero-order chi connectivity index (χ0) is 16.9. The molecule has 0 atom stereocenters. The summed E-state index contributed by atoms with van der Waals surface area (Å²) in [6.07, 6.45) is 1.94. The van der Waals surface area contributed by atoms with Gasteiger partial charge >= 0.3 is 0 Å². The first-order valence-corrected chi connectivity index (χ1v) is 8.40. The normalized spacial score (nSPS) is 14.8. The third-order valence-corrected chi connectivity index (χ3v) is 4.56. The van der Waals surface area contributed by atoms with Crippen LogP contribution in [0.1, 0.15) is 18.4 Å². The molecule has 134 valence electrons. The van der Waals surface area contributed by atoms with Crippen molar-refractivity contribution in [2.45, 2.75) is 25.3 Å². The lowest BCUT2D eigenvalue weighted by atomic mass is 10.0. The van der Waals surface area contributed by atoms with E-state index in [4.69, 9.17) is 5.73 Å². The number of benzene rings is 2. The number of likely N-dealkylation sites (tertiary alicyclic amines) is 1. The molecule has 25 heavy (non-hydrogen) atoms. The Morgan fingerprint density at radius 2 is 1.76 bits per heavy atom. The van der Waals surface area contributed by atoms with Crippen molar-refractivity contribution in [3.8, 4) is 0 Å². The Morgan fingerprint density at radius 3 is 2.52 bits per heavy atom. The predicted molar refractivity (Wildman–Crippen MR) is 102 cm³/mol. The van der Waals surface area contributed by atoms with Gasteiger partial charge in [-0.2, -0.15) is 0 Å². The topological polar surface area (TPSA) is 75.4 Å². The maximum atomic E-state index is 12.2. The molecule has 5 nitrogen and oxygen atoms in total. The molecule has 0 radical (unpaired) electrons. The molecule has 2 aromatic rings. The summed E-state index contributed by atoms with van der Waals surface area (Å²) in [5, 5.41) is 4.93. The molecule has 3 rings (SSSR count). The molecule has 0 spiro atoms. The number of piperidine rings is 1. The smallest absolute Gasteiger partial charge is 0.241 e. The Labute approximate surface area is 154 Å². The average Bonchev–Trinajstić information content (AvgIpc) is 2.61. The minimum Gasteiger partial charge on any atom is -0.347 e. The van der Waals surface area contributed by atoms with Gasteiger partial charge in [0, 0.05) is 19.1 Å². The highest BCUT2D eigenvalue weighted by atomic mass is 35.5. The number of nitrogens with zero attached hydrogens (tertiary/aromatic N) is 1. The number of hydrogen-bond acceptors (Lipinski definition) is 3. The molecule has 1 fully saturated rings. The minimum absolute atomic E-state index is 0. The van der Waals surface area contributed by atoms with Gasteiger partial charge in [-0.3, -0.25) is 9.59 Å². The summed E-state index contributed by atoms with van der Waals surface area (Å²) >= 11 is 0. The highest BCUT2D eigenvalue weighted by Gasteiger charge is 2.20. The quantitative estimate of drug-likeness (QED) is 0.872. The molecule has 1 saturated heterocycles. The van der Waals surface area contributed by atoms with Crippen LogP contribution in [0.3, 0.4) is 0 Å². The van der Waals surface area contributed by atoms with Gasteiger partial charge < -0.3 is 16.0 Å². The van der Waals surface area contributed by atoms with E-state index >= 15 is 0 Å². The fourth-order valence-electron chi connectivity index (χ4n) is 3.12. The van der Waals surface area contributed by atoms with Crippen LogP contribution in [-0.2, 0) is 16.0 Å². The maximum absolute atomic E-state index is 12.2. The first-order valence-electron chi connectivity index (χ1n) is 8.40. The molecule has 6 heteroatoms. The van der Waals surface area contributed by atoms with Gasteiger partial charge in [0.1, 0.15) is 0 Å². The van der Waals surface area contributed by atoms with E-state index in [1.165, 1.54) is 0 Å². The lowest BCUT2D eigenvalue weighted by Crippen LogP contribution is -2.46. The largest absolute Gasteiger partial charge is 0.347 e. The Kier molecular flexibility index (Phi) is 6.79. The van der Waals surface area contributed by atoms with E-state index in [-0.39, 0.29) is 43.2 Å². The molecule has 0 aromatic heterocycles. The van der Waals surface area contributed by atoms with Gasteiger partial charge in [-0.15, -0.1) is 12.4 Å². The summed E-state index contributed by atoms with van der Waals surface area (Å²) in [5.74, 6) is -0.165. The second-order valence-electron chi connectivity index (χ2n) is 6.31. The van der Waals surface area contributed by atoms with Crippen molar-refractivity contribution in [2.24, 2.45) is 5.73 Å². The first-order chi connectivity index (χ1) is 11.6. The van der Waals surface area contributed by atoms with Crippen LogP contribution in [-0.4, -0.2) is 42.4 Å². The summed E-state index contributed by atoms with van der Waals surface area (Å²) in [6, 6.07) is 14.1. The summed E-state index contributed by atoms with van der Waals surface area (Å²) in [5.41, 5.74) is 6.82. The molecule has 3 N–H and O–H groups in total. The summed E-state index contributed by atoms with van der Waals surface area (Å²) in [7, 11) is 0. The molecule has 1 aliphatic rings. The highest BCUT2D eigenvalue weighted by Crippen LogP contribution is 2.18. The molecular formula is C19H24ClN3O2. The fraction of sp³-hybridized carbons (Fsp3) is 0.368.